The smallest absolute Gasteiger partial charge is 0.217 e. The molecule has 0 spiro atoms. The quantitative estimate of drug-likeness (QED) is 0.834. The fourth-order valence-electron chi connectivity index (χ4n) is 6.35. The molecule has 4 nitrogen and oxygen atoms in total. The maximum atomic E-state index is 12.3. The first-order chi connectivity index (χ1) is 12.7. The van der Waals surface area contributed by atoms with Crippen LogP contribution in [0.25, 0.3) is 0 Å². The molecular weight excluding hydrogens is 336 g/mol. The molecule has 0 radical (unpaired) electrons. The maximum Gasteiger partial charge on any atom is 0.217 e. The van der Waals surface area contributed by atoms with Crippen molar-refractivity contribution in [3.63, 3.8) is 0 Å². The van der Waals surface area contributed by atoms with Crippen LogP contribution in [-0.4, -0.2) is 29.6 Å². The largest absolute Gasteiger partial charge is 0.373 e. The number of hydrogen-bond acceptors (Lipinski definition) is 3. The maximum absolute atomic E-state index is 12.3. The molecule has 3 aliphatic rings. The number of ether oxygens (including phenoxy) is 1. The average molecular weight is 371 g/mol. The van der Waals surface area contributed by atoms with Crippen LogP contribution in [0.4, 0.5) is 0 Å². The summed E-state index contributed by atoms with van der Waals surface area (Å²) >= 11 is 0. The lowest BCUT2D eigenvalue weighted by Gasteiger charge is -2.63. The topological polar surface area (TPSA) is 50.4 Å². The van der Waals surface area contributed by atoms with Crippen molar-refractivity contribution < 1.29 is 9.53 Å². The summed E-state index contributed by atoms with van der Waals surface area (Å²) in [5.74, 6) is 1.43. The van der Waals surface area contributed by atoms with Crippen LogP contribution < -0.4 is 10.6 Å². The lowest BCUT2D eigenvalue weighted by Crippen LogP contribution is -2.73. The molecule has 2 heterocycles. The number of carbonyl (C=O) groups is 1. The zero-order valence-corrected chi connectivity index (χ0v) is 17.3. The minimum atomic E-state index is -0.181. The lowest BCUT2D eigenvalue weighted by atomic mass is 9.52. The number of nitrogens with one attached hydrogen (secondary N) is 2. The van der Waals surface area contributed by atoms with Gasteiger partial charge in [-0.1, -0.05) is 29.8 Å². The van der Waals surface area contributed by atoms with Gasteiger partial charge in [-0.3, -0.25) is 4.79 Å². The number of benzene rings is 1. The zero-order chi connectivity index (χ0) is 19.4. The van der Waals surface area contributed by atoms with Crippen molar-refractivity contribution in [2.75, 3.05) is 6.61 Å². The first-order valence-electron chi connectivity index (χ1n) is 10.5. The van der Waals surface area contributed by atoms with Gasteiger partial charge >= 0.3 is 0 Å². The molecule has 6 atom stereocenters. The Morgan fingerprint density at radius 2 is 1.85 bits per heavy atom. The van der Waals surface area contributed by atoms with Crippen LogP contribution in [0, 0.1) is 24.7 Å². The van der Waals surface area contributed by atoms with Crippen molar-refractivity contribution in [2.24, 2.45) is 17.8 Å². The first kappa shape index (κ1) is 18.9. The molecule has 2 bridgehead atoms. The Morgan fingerprint density at radius 1 is 1.19 bits per heavy atom. The minimum absolute atomic E-state index is 0.0533. The van der Waals surface area contributed by atoms with E-state index in [9.17, 15) is 4.79 Å². The molecule has 1 aromatic carbocycles. The monoisotopic (exact) mass is 370 g/mol. The zero-order valence-electron chi connectivity index (χ0n) is 17.3. The number of amides is 1. The van der Waals surface area contributed by atoms with Gasteiger partial charge in [0.2, 0.25) is 5.91 Å². The summed E-state index contributed by atoms with van der Waals surface area (Å²) in [6.45, 7) is 11.4. The highest BCUT2D eigenvalue weighted by Gasteiger charge is 2.60. The van der Waals surface area contributed by atoms with Crippen LogP contribution in [0.15, 0.2) is 24.3 Å². The summed E-state index contributed by atoms with van der Waals surface area (Å²) in [6.07, 6.45) is 3.22. The molecule has 2 saturated heterocycles. The van der Waals surface area contributed by atoms with Gasteiger partial charge in [0, 0.05) is 31.0 Å². The van der Waals surface area contributed by atoms with Gasteiger partial charge in [-0.25, -0.2) is 0 Å². The van der Waals surface area contributed by atoms with Gasteiger partial charge in [0.15, 0.2) is 0 Å². The molecule has 3 fully saturated rings. The van der Waals surface area contributed by atoms with Crippen molar-refractivity contribution in [3.05, 3.63) is 35.4 Å². The standard InChI is InChI=1S/C23H34N2O2/c1-14-6-8-17(9-7-14)21-20-13-18-12-19(15(2)24-22(18,4)5)23(20,10-11-27-21)25-16(3)26/h6-9,15,18-21,24H,10-13H2,1-5H3,(H,25,26)/t15-,18-,19+,20+,21+,23+/m1/s1. The third-order valence-electron chi connectivity index (χ3n) is 7.62. The molecule has 4 rings (SSSR count). The van der Waals surface area contributed by atoms with E-state index in [0.29, 0.717) is 30.4 Å². The van der Waals surface area contributed by atoms with E-state index in [1.165, 1.54) is 17.5 Å². The molecule has 148 valence electrons. The Balaban J connectivity index is 1.78. The van der Waals surface area contributed by atoms with Gasteiger partial charge in [-0.2, -0.15) is 0 Å². The second-order valence-corrected chi connectivity index (χ2v) is 9.71. The Morgan fingerprint density at radius 3 is 2.52 bits per heavy atom. The fourth-order valence-corrected chi connectivity index (χ4v) is 6.35. The van der Waals surface area contributed by atoms with Crippen LogP contribution in [-0.2, 0) is 9.53 Å². The Labute approximate surface area is 163 Å². The first-order valence-corrected chi connectivity index (χ1v) is 10.5. The Kier molecular flexibility index (Phi) is 4.63. The van der Waals surface area contributed by atoms with Crippen molar-refractivity contribution in [3.8, 4) is 0 Å². The number of hydrogen-bond donors (Lipinski definition) is 2. The van der Waals surface area contributed by atoms with Crippen LogP contribution in [0.3, 0.4) is 0 Å². The number of aryl methyl sites for hydroxylation is 1. The number of rotatable bonds is 2. The summed E-state index contributed by atoms with van der Waals surface area (Å²) in [7, 11) is 0. The second kappa shape index (κ2) is 6.59. The summed E-state index contributed by atoms with van der Waals surface area (Å²) in [5, 5.41) is 7.32. The molecule has 1 saturated carbocycles. The number of carbonyl (C=O) groups excluding carboxylic acids is 1. The van der Waals surface area contributed by atoms with Gasteiger partial charge in [0.05, 0.1) is 11.6 Å². The fraction of sp³-hybridized carbons (Fsp3) is 0.696. The lowest BCUT2D eigenvalue weighted by molar-refractivity contribution is -0.160. The van der Waals surface area contributed by atoms with E-state index >= 15 is 0 Å². The number of piperidine rings is 1. The van der Waals surface area contributed by atoms with E-state index in [0.717, 1.165) is 12.8 Å². The van der Waals surface area contributed by atoms with Crippen LogP contribution >= 0.6 is 0 Å². The van der Waals surface area contributed by atoms with E-state index in [2.05, 4.69) is 62.6 Å². The predicted molar refractivity (Wildman–Crippen MR) is 107 cm³/mol. The van der Waals surface area contributed by atoms with E-state index in [4.69, 9.17) is 4.74 Å². The summed E-state index contributed by atoms with van der Waals surface area (Å²) in [4.78, 5) is 12.3. The molecular formula is C23H34N2O2. The van der Waals surface area contributed by atoms with Crippen LogP contribution in [0.5, 0.6) is 0 Å². The minimum Gasteiger partial charge on any atom is -0.373 e. The number of fused-ring (bicyclic) bond motifs is 4. The van der Waals surface area contributed by atoms with Crippen molar-refractivity contribution in [2.45, 2.75) is 77.1 Å². The average Bonchev–Trinajstić information content (AvgIpc) is 2.59. The van der Waals surface area contributed by atoms with Crippen LogP contribution in [0.2, 0.25) is 0 Å². The summed E-state index contributed by atoms with van der Waals surface area (Å²) < 4.78 is 6.38. The molecule has 4 heteroatoms. The third kappa shape index (κ3) is 3.11. The molecule has 2 aliphatic heterocycles. The highest BCUT2D eigenvalue weighted by atomic mass is 16.5. The van der Waals surface area contributed by atoms with Gasteiger partial charge in [0.1, 0.15) is 0 Å². The Bertz CT molecular complexity index is 714. The molecule has 0 unspecified atom stereocenters. The van der Waals surface area contributed by atoms with Crippen molar-refractivity contribution in [1.82, 2.24) is 10.6 Å². The molecule has 0 aromatic heterocycles. The van der Waals surface area contributed by atoms with Gasteiger partial charge in [-0.15, -0.1) is 0 Å². The van der Waals surface area contributed by atoms with Gasteiger partial charge in [0.25, 0.3) is 0 Å². The molecule has 1 aromatic rings. The molecule has 1 amide bonds. The highest BCUT2D eigenvalue weighted by Crippen LogP contribution is 2.56. The van der Waals surface area contributed by atoms with Crippen LogP contribution in [0.1, 0.15) is 64.2 Å². The second-order valence-electron chi connectivity index (χ2n) is 9.71. The van der Waals surface area contributed by atoms with E-state index < -0.39 is 0 Å². The molecule has 1 aliphatic carbocycles. The molecule has 27 heavy (non-hydrogen) atoms. The predicted octanol–water partition coefficient (Wildman–Crippen LogP) is 3.74. The van der Waals surface area contributed by atoms with Crippen molar-refractivity contribution in [1.29, 1.82) is 0 Å². The van der Waals surface area contributed by atoms with E-state index in [-0.39, 0.29) is 23.1 Å². The summed E-state index contributed by atoms with van der Waals surface area (Å²) in [5.41, 5.74) is 2.45. The van der Waals surface area contributed by atoms with E-state index in [1.807, 2.05) is 0 Å². The normalized spacial score (nSPS) is 40.1. The highest BCUT2D eigenvalue weighted by molar-refractivity contribution is 5.74. The van der Waals surface area contributed by atoms with Crippen molar-refractivity contribution >= 4 is 5.91 Å². The third-order valence-corrected chi connectivity index (χ3v) is 7.62. The van der Waals surface area contributed by atoms with Gasteiger partial charge < -0.3 is 15.4 Å². The summed E-state index contributed by atoms with van der Waals surface area (Å²) in [6, 6.07) is 9.14. The SMILES string of the molecule is CC(=O)N[C@]12CCO[C@@H](c3ccc(C)cc3)[C@@H]1C[C@H]1C[C@H]2[C@@H](C)NC1(C)C. The van der Waals surface area contributed by atoms with E-state index in [1.54, 1.807) is 6.92 Å². The van der Waals surface area contributed by atoms with Gasteiger partial charge in [-0.05, 0) is 64.4 Å². The molecule has 2 N–H and O–H groups in total. The Hall–Kier alpha value is -1.39.